The normalized spacial score (nSPS) is 10.7. The lowest BCUT2D eigenvalue weighted by atomic mass is 10.1. The van der Waals surface area contributed by atoms with Gasteiger partial charge in [0, 0.05) is 16.7 Å². The second kappa shape index (κ2) is 10.3. The van der Waals surface area contributed by atoms with E-state index in [1.165, 1.54) is 67.1 Å². The van der Waals surface area contributed by atoms with Crippen molar-refractivity contribution in [1.82, 2.24) is 0 Å². The van der Waals surface area contributed by atoms with Crippen LogP contribution in [0.2, 0.25) is 0 Å². The summed E-state index contributed by atoms with van der Waals surface area (Å²) in [4.78, 5) is 0. The molecule has 1 rings (SSSR count). The molecule has 0 radical (unpaired) electrons. The van der Waals surface area contributed by atoms with E-state index in [0.29, 0.717) is 0 Å². The first kappa shape index (κ1) is 16.6. The van der Waals surface area contributed by atoms with E-state index < -0.39 is 0 Å². The minimum atomic E-state index is 1.09. The second-order valence-electron chi connectivity index (χ2n) is 5.31. The van der Waals surface area contributed by atoms with Gasteiger partial charge in [-0.25, -0.2) is 0 Å². The van der Waals surface area contributed by atoms with Crippen LogP contribution < -0.4 is 5.32 Å². The fourth-order valence-corrected chi connectivity index (χ4v) is 2.65. The van der Waals surface area contributed by atoms with Gasteiger partial charge in [0.1, 0.15) is 0 Å². The third-order valence-electron chi connectivity index (χ3n) is 3.61. The van der Waals surface area contributed by atoms with E-state index in [2.05, 4.69) is 53.3 Å². The number of rotatable bonds is 10. The molecule has 0 fully saturated rings. The summed E-state index contributed by atoms with van der Waals surface area (Å²) in [5.41, 5.74) is 2.57. The number of halogens is 1. The molecule has 0 saturated carbocycles. The lowest BCUT2D eigenvalue weighted by Gasteiger charge is -2.10. The lowest BCUT2D eigenvalue weighted by molar-refractivity contribution is 0.581. The molecule has 0 heterocycles. The molecule has 0 aliphatic carbocycles. The minimum Gasteiger partial charge on any atom is -0.385 e. The maximum absolute atomic E-state index is 3.57. The van der Waals surface area contributed by atoms with Crippen molar-refractivity contribution >= 4 is 21.6 Å². The highest BCUT2D eigenvalue weighted by molar-refractivity contribution is 9.10. The Kier molecular flexibility index (Phi) is 8.98. The lowest BCUT2D eigenvalue weighted by Crippen LogP contribution is -2.03. The van der Waals surface area contributed by atoms with Crippen LogP contribution in [-0.4, -0.2) is 6.54 Å². The predicted molar refractivity (Wildman–Crippen MR) is 90.0 cm³/mol. The Morgan fingerprint density at radius 2 is 1.58 bits per heavy atom. The third-order valence-corrected chi connectivity index (χ3v) is 4.47. The van der Waals surface area contributed by atoms with Crippen molar-refractivity contribution in [2.24, 2.45) is 0 Å². The quantitative estimate of drug-likeness (QED) is 0.497. The number of unbranched alkanes of at least 4 members (excludes halogenated alkanes) is 7. The fourth-order valence-electron chi connectivity index (χ4n) is 2.28. The Morgan fingerprint density at radius 3 is 2.26 bits per heavy atom. The van der Waals surface area contributed by atoms with Gasteiger partial charge in [-0.2, -0.15) is 0 Å². The molecule has 1 N–H and O–H groups in total. The van der Waals surface area contributed by atoms with E-state index in [4.69, 9.17) is 0 Å². The summed E-state index contributed by atoms with van der Waals surface area (Å²) in [5.74, 6) is 0. The van der Waals surface area contributed by atoms with Crippen LogP contribution in [0.1, 0.15) is 63.9 Å². The molecule has 0 aromatic heterocycles. The van der Waals surface area contributed by atoms with Crippen LogP contribution in [0.3, 0.4) is 0 Å². The first-order valence-electron chi connectivity index (χ1n) is 7.74. The van der Waals surface area contributed by atoms with Crippen molar-refractivity contribution < 1.29 is 0 Å². The predicted octanol–water partition coefficient (Wildman–Crippen LogP) is 6.31. The van der Waals surface area contributed by atoms with Gasteiger partial charge in [0.2, 0.25) is 0 Å². The molecule has 0 atom stereocenters. The SMILES string of the molecule is CCCCCCCCCCNc1cccc(Br)c1C. The Bertz CT molecular complexity index is 349. The van der Waals surface area contributed by atoms with Gasteiger partial charge < -0.3 is 5.32 Å². The van der Waals surface area contributed by atoms with Crippen molar-refractivity contribution in [3.05, 3.63) is 28.2 Å². The zero-order chi connectivity index (χ0) is 13.9. The maximum atomic E-state index is 3.57. The highest BCUT2D eigenvalue weighted by Crippen LogP contribution is 2.23. The number of nitrogens with one attached hydrogen (secondary N) is 1. The molecule has 1 aromatic rings. The molecule has 1 nitrogen and oxygen atoms in total. The minimum absolute atomic E-state index is 1.09. The molecule has 0 aliphatic heterocycles. The van der Waals surface area contributed by atoms with Crippen LogP contribution in [-0.2, 0) is 0 Å². The van der Waals surface area contributed by atoms with Gasteiger partial charge in [-0.1, -0.05) is 73.9 Å². The average Bonchev–Trinajstić information content (AvgIpc) is 2.41. The van der Waals surface area contributed by atoms with Gasteiger partial charge >= 0.3 is 0 Å². The first-order valence-corrected chi connectivity index (χ1v) is 8.54. The van der Waals surface area contributed by atoms with Crippen LogP contribution >= 0.6 is 15.9 Å². The van der Waals surface area contributed by atoms with E-state index in [1.807, 2.05) is 0 Å². The first-order chi connectivity index (χ1) is 9.25. The van der Waals surface area contributed by atoms with E-state index in [-0.39, 0.29) is 0 Å². The van der Waals surface area contributed by atoms with Crippen LogP contribution in [0, 0.1) is 6.92 Å². The monoisotopic (exact) mass is 325 g/mol. The molecule has 0 saturated heterocycles. The van der Waals surface area contributed by atoms with Crippen molar-refractivity contribution in [2.75, 3.05) is 11.9 Å². The summed E-state index contributed by atoms with van der Waals surface area (Å²) in [6.45, 7) is 5.52. The topological polar surface area (TPSA) is 12.0 Å². The van der Waals surface area contributed by atoms with Crippen LogP contribution in [0.15, 0.2) is 22.7 Å². The molecule has 0 unspecified atom stereocenters. The van der Waals surface area contributed by atoms with Gasteiger partial charge in [-0.3, -0.25) is 0 Å². The number of benzene rings is 1. The summed E-state index contributed by atoms with van der Waals surface area (Å²) in [6.07, 6.45) is 11.0. The summed E-state index contributed by atoms with van der Waals surface area (Å²) >= 11 is 3.57. The highest BCUT2D eigenvalue weighted by Gasteiger charge is 2.00. The zero-order valence-electron chi connectivity index (χ0n) is 12.5. The van der Waals surface area contributed by atoms with Crippen molar-refractivity contribution in [1.29, 1.82) is 0 Å². The molecule has 19 heavy (non-hydrogen) atoms. The van der Waals surface area contributed by atoms with Gasteiger partial charge in [0.15, 0.2) is 0 Å². The fraction of sp³-hybridized carbons (Fsp3) is 0.647. The van der Waals surface area contributed by atoms with E-state index >= 15 is 0 Å². The van der Waals surface area contributed by atoms with Crippen LogP contribution in [0.25, 0.3) is 0 Å². The summed E-state index contributed by atoms with van der Waals surface area (Å²) in [7, 11) is 0. The van der Waals surface area contributed by atoms with E-state index in [0.717, 1.165) is 6.54 Å². The maximum Gasteiger partial charge on any atom is 0.0381 e. The summed E-state index contributed by atoms with van der Waals surface area (Å²) in [6, 6.07) is 6.34. The number of hydrogen-bond acceptors (Lipinski definition) is 1. The average molecular weight is 326 g/mol. The van der Waals surface area contributed by atoms with Gasteiger partial charge in [0.25, 0.3) is 0 Å². The molecule has 0 aliphatic rings. The Labute approximate surface area is 127 Å². The molecule has 2 heteroatoms. The molecule has 108 valence electrons. The van der Waals surface area contributed by atoms with Crippen LogP contribution in [0.4, 0.5) is 5.69 Å². The van der Waals surface area contributed by atoms with Gasteiger partial charge in [-0.15, -0.1) is 0 Å². The van der Waals surface area contributed by atoms with Crippen molar-refractivity contribution in [2.45, 2.75) is 65.2 Å². The number of anilines is 1. The third kappa shape index (κ3) is 7.00. The number of hydrogen-bond donors (Lipinski definition) is 1. The Hall–Kier alpha value is -0.500. The summed E-state index contributed by atoms with van der Waals surface area (Å²) < 4.78 is 1.19. The molecule has 0 spiro atoms. The van der Waals surface area contributed by atoms with Gasteiger partial charge in [0.05, 0.1) is 0 Å². The van der Waals surface area contributed by atoms with Crippen LogP contribution in [0.5, 0.6) is 0 Å². The molecule has 1 aromatic carbocycles. The Balaban J connectivity index is 2.03. The van der Waals surface area contributed by atoms with Crippen molar-refractivity contribution in [3.8, 4) is 0 Å². The molecule has 0 bridgehead atoms. The van der Waals surface area contributed by atoms with Gasteiger partial charge in [-0.05, 0) is 31.0 Å². The van der Waals surface area contributed by atoms with E-state index in [9.17, 15) is 0 Å². The Morgan fingerprint density at radius 1 is 0.947 bits per heavy atom. The largest absolute Gasteiger partial charge is 0.385 e. The second-order valence-corrected chi connectivity index (χ2v) is 6.17. The molecule has 0 amide bonds. The standard InChI is InChI=1S/C17H28BrN/c1-3-4-5-6-7-8-9-10-14-19-17-13-11-12-16(18)15(17)2/h11-13,19H,3-10,14H2,1-2H3. The zero-order valence-corrected chi connectivity index (χ0v) is 14.1. The smallest absolute Gasteiger partial charge is 0.0381 e. The summed E-state index contributed by atoms with van der Waals surface area (Å²) in [5, 5.41) is 3.53. The molecular weight excluding hydrogens is 298 g/mol. The molecular formula is C17H28BrN. The highest BCUT2D eigenvalue weighted by atomic mass is 79.9. The van der Waals surface area contributed by atoms with Crippen molar-refractivity contribution in [3.63, 3.8) is 0 Å². The van der Waals surface area contributed by atoms with E-state index in [1.54, 1.807) is 0 Å².